The van der Waals surface area contributed by atoms with Crippen LogP contribution in [-0.4, -0.2) is 78.0 Å². The summed E-state index contributed by atoms with van der Waals surface area (Å²) in [4.78, 5) is 19.1. The minimum absolute atomic E-state index is 0.0414. The van der Waals surface area contributed by atoms with Gasteiger partial charge in [0.25, 0.3) is 0 Å². The summed E-state index contributed by atoms with van der Waals surface area (Å²) in [6.45, 7) is 9.87. The number of benzene rings is 1. The van der Waals surface area contributed by atoms with Crippen LogP contribution in [0.15, 0.2) is 30.5 Å². The lowest BCUT2D eigenvalue weighted by Crippen LogP contribution is -2.49. The van der Waals surface area contributed by atoms with Crippen LogP contribution in [0.4, 0.5) is 10.5 Å². The molecule has 1 aromatic heterocycles. The number of carbonyl (C=O) groups is 1. The van der Waals surface area contributed by atoms with Crippen molar-refractivity contribution in [2.75, 3.05) is 57.3 Å². The Morgan fingerprint density at radius 1 is 1.11 bits per heavy atom. The molecule has 8 heteroatoms. The Labute approximate surface area is 170 Å². The highest BCUT2D eigenvalue weighted by Gasteiger charge is 2.23. The predicted molar refractivity (Wildman–Crippen MR) is 111 cm³/mol. The number of hydrogen-bond acceptors (Lipinski definition) is 5. The van der Waals surface area contributed by atoms with Gasteiger partial charge in [0.1, 0.15) is 0 Å². The zero-order valence-corrected chi connectivity index (χ0v) is 17.0. The van der Waals surface area contributed by atoms with Crippen molar-refractivity contribution in [3.63, 3.8) is 0 Å². The maximum Gasteiger partial charge on any atom is 0.344 e. The molecular weight excluding hydrogens is 376 g/mol. The van der Waals surface area contributed by atoms with E-state index in [4.69, 9.17) is 11.6 Å². The minimum atomic E-state index is -0.0414. The topological polar surface area (TPSA) is 56.6 Å². The van der Waals surface area contributed by atoms with E-state index in [9.17, 15) is 4.79 Å². The largest absolute Gasteiger partial charge is 0.368 e. The fraction of sp³-hybridized carbons (Fsp3) is 0.500. The van der Waals surface area contributed by atoms with Crippen molar-refractivity contribution in [1.82, 2.24) is 24.9 Å². The van der Waals surface area contributed by atoms with Gasteiger partial charge in [-0.1, -0.05) is 17.7 Å². The van der Waals surface area contributed by atoms with E-state index in [1.807, 2.05) is 24.0 Å². The van der Waals surface area contributed by atoms with E-state index in [0.29, 0.717) is 0 Å². The molecule has 7 nitrogen and oxygen atoms in total. The summed E-state index contributed by atoms with van der Waals surface area (Å²) in [6.07, 6.45) is 1.73. The molecule has 0 saturated carbocycles. The highest BCUT2D eigenvalue weighted by molar-refractivity contribution is 6.33. The van der Waals surface area contributed by atoms with Gasteiger partial charge in [0.15, 0.2) is 0 Å². The van der Waals surface area contributed by atoms with Crippen molar-refractivity contribution in [3.8, 4) is 0 Å². The molecule has 2 saturated heterocycles. The Balaban J connectivity index is 1.35. The van der Waals surface area contributed by atoms with Crippen LogP contribution in [-0.2, 0) is 6.54 Å². The first-order chi connectivity index (χ1) is 13.6. The molecule has 1 aromatic carbocycles. The number of hydrogen-bond donors (Lipinski definition) is 1. The van der Waals surface area contributed by atoms with Crippen molar-refractivity contribution < 1.29 is 4.79 Å². The number of aryl methyl sites for hydroxylation is 1. The summed E-state index contributed by atoms with van der Waals surface area (Å²) in [6, 6.07) is 8.15. The molecule has 28 heavy (non-hydrogen) atoms. The minimum Gasteiger partial charge on any atom is -0.368 e. The second-order valence-electron chi connectivity index (χ2n) is 7.47. The van der Waals surface area contributed by atoms with Crippen molar-refractivity contribution in [2.45, 2.75) is 13.5 Å². The van der Waals surface area contributed by atoms with Crippen molar-refractivity contribution >= 4 is 23.3 Å². The Hall–Kier alpha value is -2.09. The number of carbonyl (C=O) groups excluding carboxylic acids is 1. The summed E-state index contributed by atoms with van der Waals surface area (Å²) < 4.78 is 1.43. The van der Waals surface area contributed by atoms with E-state index in [-0.39, 0.29) is 6.03 Å². The zero-order chi connectivity index (χ0) is 19.5. The fourth-order valence-electron chi connectivity index (χ4n) is 3.83. The summed E-state index contributed by atoms with van der Waals surface area (Å²) in [5, 5.41) is 8.42. The van der Waals surface area contributed by atoms with E-state index in [2.05, 4.69) is 32.3 Å². The lowest BCUT2D eigenvalue weighted by atomic mass is 10.1. The van der Waals surface area contributed by atoms with Crippen molar-refractivity contribution in [3.05, 3.63) is 46.7 Å². The van der Waals surface area contributed by atoms with Gasteiger partial charge in [0.2, 0.25) is 0 Å². The molecule has 0 radical (unpaired) electrons. The summed E-state index contributed by atoms with van der Waals surface area (Å²) in [5.41, 5.74) is 3.25. The van der Waals surface area contributed by atoms with Crippen LogP contribution in [0.25, 0.3) is 0 Å². The van der Waals surface area contributed by atoms with E-state index in [1.54, 1.807) is 6.20 Å². The molecule has 2 fully saturated rings. The number of piperazine rings is 2. The average molecular weight is 403 g/mol. The quantitative estimate of drug-likeness (QED) is 0.851. The molecule has 0 aliphatic carbocycles. The first-order valence-corrected chi connectivity index (χ1v) is 10.3. The molecule has 1 amide bonds. The molecule has 0 bridgehead atoms. The zero-order valence-electron chi connectivity index (χ0n) is 16.3. The molecule has 4 rings (SSSR count). The van der Waals surface area contributed by atoms with Gasteiger partial charge in [0.05, 0.1) is 16.4 Å². The van der Waals surface area contributed by atoms with E-state index in [1.165, 1.54) is 10.2 Å². The maximum absolute atomic E-state index is 12.5. The molecule has 2 aromatic rings. The van der Waals surface area contributed by atoms with Crippen LogP contribution in [0.3, 0.4) is 0 Å². The second kappa shape index (κ2) is 8.51. The van der Waals surface area contributed by atoms with Crippen molar-refractivity contribution in [1.29, 1.82) is 0 Å². The number of nitrogens with one attached hydrogen (secondary N) is 1. The Kier molecular flexibility index (Phi) is 5.85. The van der Waals surface area contributed by atoms with Gasteiger partial charge >= 0.3 is 6.03 Å². The molecule has 150 valence electrons. The molecule has 0 spiro atoms. The van der Waals surface area contributed by atoms with E-state index < -0.39 is 0 Å². The summed E-state index contributed by atoms with van der Waals surface area (Å²) >= 11 is 6.46. The monoisotopic (exact) mass is 402 g/mol. The van der Waals surface area contributed by atoms with Crippen LogP contribution in [0.1, 0.15) is 11.3 Å². The Morgan fingerprint density at radius 2 is 1.86 bits per heavy atom. The number of amides is 1. The number of nitrogens with zero attached hydrogens (tertiary/aromatic N) is 5. The number of anilines is 1. The third kappa shape index (κ3) is 4.32. The summed E-state index contributed by atoms with van der Waals surface area (Å²) in [7, 11) is 0. The van der Waals surface area contributed by atoms with Crippen LogP contribution >= 0.6 is 11.6 Å². The van der Waals surface area contributed by atoms with Crippen LogP contribution in [0.2, 0.25) is 5.02 Å². The molecule has 0 unspecified atom stereocenters. The van der Waals surface area contributed by atoms with Gasteiger partial charge in [-0.05, 0) is 30.7 Å². The third-order valence-electron chi connectivity index (χ3n) is 5.44. The molecular formula is C20H27ClN6O. The average Bonchev–Trinajstić information content (AvgIpc) is 3.16. The van der Waals surface area contributed by atoms with Gasteiger partial charge in [-0.25, -0.2) is 4.79 Å². The normalized spacial score (nSPS) is 18.5. The SMILES string of the molecule is Cc1ccn(C(=O)N2CCN(Cc3ccc(Cl)c(N4CCNCC4)c3)CC2)n1. The van der Waals surface area contributed by atoms with Gasteiger partial charge in [0, 0.05) is 65.1 Å². The molecule has 2 aliphatic rings. The molecule has 2 aliphatic heterocycles. The standard InChI is InChI=1S/C20H27ClN6O/c1-16-4-7-27(23-16)20(28)26-12-10-24(11-13-26)15-17-2-3-18(21)19(14-17)25-8-5-22-6-9-25/h2-4,7,14,22H,5-6,8-13,15H2,1H3. The second-order valence-corrected chi connectivity index (χ2v) is 7.88. The Bertz CT molecular complexity index is 824. The lowest BCUT2D eigenvalue weighted by molar-refractivity contribution is 0.134. The highest BCUT2D eigenvalue weighted by atomic mass is 35.5. The third-order valence-corrected chi connectivity index (χ3v) is 5.76. The Morgan fingerprint density at radius 3 is 2.54 bits per heavy atom. The predicted octanol–water partition coefficient (Wildman–Crippen LogP) is 2.04. The molecule has 3 heterocycles. The van der Waals surface area contributed by atoms with Crippen LogP contribution in [0, 0.1) is 6.92 Å². The van der Waals surface area contributed by atoms with Gasteiger partial charge < -0.3 is 15.1 Å². The van der Waals surface area contributed by atoms with E-state index >= 15 is 0 Å². The first-order valence-electron chi connectivity index (χ1n) is 9.88. The van der Waals surface area contributed by atoms with E-state index in [0.717, 1.165) is 75.3 Å². The smallest absolute Gasteiger partial charge is 0.344 e. The molecule has 0 atom stereocenters. The maximum atomic E-state index is 12.5. The van der Waals surface area contributed by atoms with Crippen LogP contribution < -0.4 is 10.2 Å². The van der Waals surface area contributed by atoms with Gasteiger partial charge in [-0.15, -0.1) is 0 Å². The van der Waals surface area contributed by atoms with Crippen molar-refractivity contribution in [2.24, 2.45) is 0 Å². The number of aromatic nitrogens is 2. The lowest BCUT2D eigenvalue weighted by Gasteiger charge is -2.35. The van der Waals surface area contributed by atoms with Crippen LogP contribution in [0.5, 0.6) is 0 Å². The van der Waals surface area contributed by atoms with Gasteiger partial charge in [-0.2, -0.15) is 9.78 Å². The van der Waals surface area contributed by atoms with Gasteiger partial charge in [-0.3, -0.25) is 4.90 Å². The number of halogens is 1. The first kappa shape index (κ1) is 19.2. The number of rotatable bonds is 3. The molecule has 1 N–H and O–H groups in total. The highest BCUT2D eigenvalue weighted by Crippen LogP contribution is 2.28. The fourth-order valence-corrected chi connectivity index (χ4v) is 4.06. The summed E-state index contributed by atoms with van der Waals surface area (Å²) in [5.74, 6) is 0.